The molecule has 2 N–H and O–H groups in total. The van der Waals surface area contributed by atoms with Gasteiger partial charge in [0.1, 0.15) is 11.5 Å². The number of piperazine rings is 1. The van der Waals surface area contributed by atoms with Gasteiger partial charge in [0.15, 0.2) is 0 Å². The molecule has 5 rings (SSSR count). The number of nitrogens with one attached hydrogen (secondary N) is 2. The lowest BCUT2D eigenvalue weighted by atomic mass is 10.2. The molecule has 3 aromatic heterocycles. The van der Waals surface area contributed by atoms with Gasteiger partial charge in [-0.3, -0.25) is 14.9 Å². The molecule has 1 aliphatic rings. The molecule has 9 heteroatoms. The van der Waals surface area contributed by atoms with Crippen molar-refractivity contribution in [3.63, 3.8) is 0 Å². The number of anilines is 5. The number of nitrogens with zero attached hydrogens (tertiary/aromatic N) is 6. The second-order valence-corrected chi connectivity index (χ2v) is 9.03. The molecular weight excluding hydrogens is 472 g/mol. The molecular formula is C27H29ClN8. The fraction of sp³-hybridized carbons (Fsp3) is 0.259. The van der Waals surface area contributed by atoms with E-state index in [0.29, 0.717) is 16.8 Å². The maximum atomic E-state index is 6.68. The number of benzene rings is 1. The number of hydrogen-bond acceptors (Lipinski definition) is 8. The van der Waals surface area contributed by atoms with Crippen LogP contribution >= 0.6 is 11.6 Å². The number of aromatic nitrogens is 4. The highest BCUT2D eigenvalue weighted by Crippen LogP contribution is 2.31. The lowest BCUT2D eigenvalue weighted by Gasteiger charge is -2.36. The minimum absolute atomic E-state index is 0.472. The van der Waals surface area contributed by atoms with Crippen molar-refractivity contribution in [3.8, 4) is 11.4 Å². The van der Waals surface area contributed by atoms with Crippen LogP contribution in [0.25, 0.3) is 11.4 Å². The average Bonchev–Trinajstić information content (AvgIpc) is 2.91. The number of halogens is 1. The normalized spacial score (nSPS) is 14.0. The summed E-state index contributed by atoms with van der Waals surface area (Å²) in [6, 6.07) is 17.4. The molecule has 8 nitrogen and oxygen atoms in total. The van der Waals surface area contributed by atoms with Crippen LogP contribution in [0.3, 0.4) is 0 Å². The van der Waals surface area contributed by atoms with Crippen molar-refractivity contribution < 1.29 is 0 Å². The van der Waals surface area contributed by atoms with Crippen LogP contribution in [0.4, 0.5) is 28.8 Å². The lowest BCUT2D eigenvalue weighted by molar-refractivity contribution is 0.258. The van der Waals surface area contributed by atoms with Crippen molar-refractivity contribution in [1.29, 1.82) is 0 Å². The van der Waals surface area contributed by atoms with Gasteiger partial charge in [-0.25, -0.2) is 4.98 Å². The van der Waals surface area contributed by atoms with Crippen LogP contribution in [0.2, 0.25) is 5.02 Å². The van der Waals surface area contributed by atoms with E-state index in [0.717, 1.165) is 61.2 Å². The molecule has 4 aromatic rings. The van der Waals surface area contributed by atoms with Gasteiger partial charge in [0.05, 0.1) is 22.1 Å². The summed E-state index contributed by atoms with van der Waals surface area (Å²) in [4.78, 5) is 22.8. The molecule has 0 amide bonds. The topological polar surface area (TPSA) is 82.1 Å². The van der Waals surface area contributed by atoms with Crippen molar-refractivity contribution in [2.45, 2.75) is 13.3 Å². The molecule has 36 heavy (non-hydrogen) atoms. The zero-order valence-electron chi connectivity index (χ0n) is 20.2. The first-order chi connectivity index (χ1) is 17.7. The van der Waals surface area contributed by atoms with Crippen LogP contribution in [0, 0.1) is 0 Å². The summed E-state index contributed by atoms with van der Waals surface area (Å²) in [7, 11) is 0. The largest absolute Gasteiger partial charge is 0.368 e. The summed E-state index contributed by atoms with van der Waals surface area (Å²) in [6.07, 6.45) is 6.40. The van der Waals surface area contributed by atoms with Gasteiger partial charge in [0.25, 0.3) is 0 Å². The van der Waals surface area contributed by atoms with Crippen LogP contribution in [0.1, 0.15) is 13.3 Å². The molecule has 0 bridgehead atoms. The number of rotatable bonds is 8. The zero-order valence-corrected chi connectivity index (χ0v) is 21.0. The Morgan fingerprint density at radius 2 is 1.72 bits per heavy atom. The summed E-state index contributed by atoms with van der Waals surface area (Å²) in [6.45, 7) is 7.48. The van der Waals surface area contributed by atoms with Crippen LogP contribution in [-0.4, -0.2) is 57.6 Å². The minimum atomic E-state index is 0.472. The smallest absolute Gasteiger partial charge is 0.229 e. The second kappa shape index (κ2) is 11.3. The van der Waals surface area contributed by atoms with Crippen molar-refractivity contribution >= 4 is 40.4 Å². The molecule has 1 saturated heterocycles. The van der Waals surface area contributed by atoms with Crippen LogP contribution in [0.15, 0.2) is 73.2 Å². The zero-order chi connectivity index (χ0) is 24.7. The van der Waals surface area contributed by atoms with Gasteiger partial charge >= 0.3 is 0 Å². The van der Waals surface area contributed by atoms with Crippen molar-refractivity contribution in [3.05, 3.63) is 78.2 Å². The summed E-state index contributed by atoms with van der Waals surface area (Å²) < 4.78 is 0. The summed E-state index contributed by atoms with van der Waals surface area (Å²) in [5.41, 5.74) is 4.25. The Labute approximate surface area is 216 Å². The summed E-state index contributed by atoms with van der Waals surface area (Å²) in [5.74, 6) is 1.12. The molecule has 1 aromatic carbocycles. The third kappa shape index (κ3) is 5.72. The molecule has 1 aliphatic heterocycles. The fourth-order valence-corrected chi connectivity index (χ4v) is 4.64. The standard InChI is InChI=1S/C27H29ClN8/c1-2-14-35-15-17-36(18-16-35)24-9-8-20(19-21(24)28)32-27-31-13-10-25(34-27)33-23-7-5-12-30-26(23)22-6-3-4-11-29-22/h3-13,19H,2,14-18H2,1H3,(H2,31,32,33,34). The van der Waals surface area contributed by atoms with E-state index in [1.54, 1.807) is 18.6 Å². The van der Waals surface area contributed by atoms with E-state index in [2.05, 4.69) is 53.4 Å². The van der Waals surface area contributed by atoms with Crippen molar-refractivity contribution in [1.82, 2.24) is 24.8 Å². The van der Waals surface area contributed by atoms with Gasteiger partial charge in [-0.05, 0) is 61.5 Å². The molecule has 0 unspecified atom stereocenters. The Balaban J connectivity index is 1.28. The molecule has 1 fully saturated rings. The van der Waals surface area contributed by atoms with E-state index in [4.69, 9.17) is 11.6 Å². The minimum Gasteiger partial charge on any atom is -0.368 e. The van der Waals surface area contributed by atoms with E-state index in [9.17, 15) is 0 Å². The Kier molecular flexibility index (Phi) is 7.54. The SMILES string of the molecule is CCCN1CCN(c2ccc(Nc3nccc(Nc4cccnc4-c4ccccn4)n3)cc2Cl)CC1. The highest BCUT2D eigenvalue weighted by Gasteiger charge is 2.18. The second-order valence-electron chi connectivity index (χ2n) is 8.62. The predicted octanol–water partition coefficient (Wildman–Crippen LogP) is 5.61. The predicted molar refractivity (Wildman–Crippen MR) is 146 cm³/mol. The van der Waals surface area contributed by atoms with Gasteiger partial charge in [-0.2, -0.15) is 4.98 Å². The first kappa shape index (κ1) is 24.0. The maximum Gasteiger partial charge on any atom is 0.229 e. The number of pyridine rings is 2. The fourth-order valence-electron chi connectivity index (χ4n) is 4.34. The third-order valence-corrected chi connectivity index (χ3v) is 6.39. The number of hydrogen-bond donors (Lipinski definition) is 2. The molecule has 0 spiro atoms. The first-order valence-corrected chi connectivity index (χ1v) is 12.6. The quantitative estimate of drug-likeness (QED) is 0.323. The molecule has 184 valence electrons. The van der Waals surface area contributed by atoms with E-state index in [1.165, 1.54) is 6.42 Å². The van der Waals surface area contributed by atoms with Gasteiger partial charge in [-0.15, -0.1) is 0 Å². The Morgan fingerprint density at radius 1 is 0.861 bits per heavy atom. The van der Waals surface area contributed by atoms with Crippen LogP contribution < -0.4 is 15.5 Å². The summed E-state index contributed by atoms with van der Waals surface area (Å²) >= 11 is 6.68. The van der Waals surface area contributed by atoms with Gasteiger partial charge in [-0.1, -0.05) is 24.6 Å². The van der Waals surface area contributed by atoms with E-state index < -0.39 is 0 Å². The molecule has 4 heterocycles. The van der Waals surface area contributed by atoms with Crippen LogP contribution in [0.5, 0.6) is 0 Å². The summed E-state index contributed by atoms with van der Waals surface area (Å²) in [5, 5.41) is 7.33. The molecule has 0 atom stereocenters. The Hall–Kier alpha value is -3.75. The van der Waals surface area contributed by atoms with Gasteiger partial charge < -0.3 is 15.5 Å². The third-order valence-electron chi connectivity index (χ3n) is 6.09. The molecule has 0 radical (unpaired) electrons. The van der Waals surface area contributed by atoms with E-state index >= 15 is 0 Å². The van der Waals surface area contributed by atoms with Crippen molar-refractivity contribution in [2.24, 2.45) is 0 Å². The molecule has 0 aliphatic carbocycles. The van der Waals surface area contributed by atoms with E-state index in [-0.39, 0.29) is 0 Å². The van der Waals surface area contributed by atoms with Gasteiger partial charge in [0, 0.05) is 50.5 Å². The highest BCUT2D eigenvalue weighted by molar-refractivity contribution is 6.33. The van der Waals surface area contributed by atoms with Gasteiger partial charge in [0.2, 0.25) is 5.95 Å². The van der Waals surface area contributed by atoms with E-state index in [1.807, 2.05) is 48.5 Å². The Bertz CT molecular complexity index is 1290. The lowest BCUT2D eigenvalue weighted by Crippen LogP contribution is -2.46. The maximum absolute atomic E-state index is 6.68. The highest BCUT2D eigenvalue weighted by atomic mass is 35.5. The van der Waals surface area contributed by atoms with Crippen molar-refractivity contribution in [2.75, 3.05) is 48.3 Å². The molecule has 0 saturated carbocycles. The average molecular weight is 501 g/mol. The first-order valence-electron chi connectivity index (χ1n) is 12.2. The monoisotopic (exact) mass is 500 g/mol. The Morgan fingerprint density at radius 3 is 2.50 bits per heavy atom. The van der Waals surface area contributed by atoms with Crippen LogP contribution in [-0.2, 0) is 0 Å².